The first kappa shape index (κ1) is 12.8. The molecule has 0 aliphatic carbocycles. The summed E-state index contributed by atoms with van der Waals surface area (Å²) in [6.07, 6.45) is -4.46. The number of hydrogen-bond acceptors (Lipinski definition) is 0. The van der Waals surface area contributed by atoms with Crippen molar-refractivity contribution in [2.24, 2.45) is 0 Å². The van der Waals surface area contributed by atoms with Crippen LogP contribution in [0.2, 0.25) is 0 Å². The van der Waals surface area contributed by atoms with Crippen LogP contribution in [0.1, 0.15) is 5.56 Å². The summed E-state index contributed by atoms with van der Waals surface area (Å²) >= 11 is 0. The average Bonchev–Trinajstić information content (AvgIpc) is 2.04. The van der Waals surface area contributed by atoms with E-state index >= 15 is 0 Å². The minimum atomic E-state index is -4.46. The summed E-state index contributed by atoms with van der Waals surface area (Å²) in [5, 5.41) is 0. The highest BCUT2D eigenvalue weighted by Crippen LogP contribution is 2.28. The van der Waals surface area contributed by atoms with Gasteiger partial charge >= 0.3 is 6.18 Å². The molecule has 0 unspecified atom stereocenters. The van der Waals surface area contributed by atoms with Gasteiger partial charge in [-0.2, -0.15) is 13.2 Å². The third-order valence-electron chi connectivity index (χ3n) is 1.15. The monoisotopic (exact) mass is 216 g/mol. The van der Waals surface area contributed by atoms with Crippen molar-refractivity contribution < 1.29 is 26.3 Å². The SMILES string of the molecule is FCF.Fc1cccc(C(F)(F)F)c1. The number of halogens is 6. The molecule has 0 nitrogen and oxygen atoms in total. The molecular weight excluding hydrogens is 210 g/mol. The van der Waals surface area contributed by atoms with Gasteiger partial charge in [0.25, 0.3) is 0 Å². The van der Waals surface area contributed by atoms with Crippen molar-refractivity contribution in [3.8, 4) is 0 Å². The molecule has 0 saturated carbocycles. The fourth-order valence-corrected chi connectivity index (χ4v) is 0.665. The molecule has 0 amide bonds. The highest BCUT2D eigenvalue weighted by molar-refractivity contribution is 5.18. The molecule has 1 aromatic rings. The lowest BCUT2D eigenvalue weighted by atomic mass is 10.2. The van der Waals surface area contributed by atoms with Crippen molar-refractivity contribution in [2.45, 2.75) is 6.18 Å². The quantitative estimate of drug-likeness (QED) is 0.579. The van der Waals surface area contributed by atoms with Crippen LogP contribution in [0.3, 0.4) is 0 Å². The summed E-state index contributed by atoms with van der Waals surface area (Å²) in [5.74, 6) is -0.875. The molecule has 0 aromatic heterocycles. The maximum absolute atomic E-state index is 12.2. The minimum absolute atomic E-state index is 0.458. The van der Waals surface area contributed by atoms with Crippen LogP contribution in [-0.4, -0.2) is 6.93 Å². The number of hydrogen-bond donors (Lipinski definition) is 0. The molecule has 0 saturated heterocycles. The van der Waals surface area contributed by atoms with Gasteiger partial charge in [-0.15, -0.1) is 0 Å². The van der Waals surface area contributed by atoms with Crippen LogP contribution in [0, 0.1) is 5.82 Å². The fourth-order valence-electron chi connectivity index (χ4n) is 0.665. The Balaban J connectivity index is 0.000000500. The second kappa shape index (κ2) is 5.51. The molecule has 0 atom stereocenters. The Labute approximate surface area is 76.2 Å². The first-order valence-corrected chi connectivity index (χ1v) is 3.36. The Morgan fingerprint density at radius 3 is 1.86 bits per heavy atom. The van der Waals surface area contributed by atoms with E-state index in [0.29, 0.717) is 6.07 Å². The van der Waals surface area contributed by atoms with E-state index in [4.69, 9.17) is 0 Å². The molecule has 6 heteroatoms. The van der Waals surface area contributed by atoms with Crippen LogP contribution in [-0.2, 0) is 6.18 Å². The van der Waals surface area contributed by atoms with E-state index in [1.807, 2.05) is 0 Å². The molecule has 0 spiro atoms. The third kappa shape index (κ3) is 4.74. The van der Waals surface area contributed by atoms with Gasteiger partial charge in [0.2, 0.25) is 6.93 Å². The van der Waals surface area contributed by atoms with Crippen LogP contribution in [0.15, 0.2) is 24.3 Å². The topological polar surface area (TPSA) is 0 Å². The first-order valence-electron chi connectivity index (χ1n) is 3.36. The van der Waals surface area contributed by atoms with E-state index < -0.39 is 24.5 Å². The van der Waals surface area contributed by atoms with Crippen molar-refractivity contribution in [2.75, 3.05) is 6.93 Å². The number of benzene rings is 1. The zero-order valence-corrected chi connectivity index (χ0v) is 6.78. The van der Waals surface area contributed by atoms with Crippen LogP contribution < -0.4 is 0 Å². The molecule has 1 rings (SSSR count). The fraction of sp³-hybridized carbons (Fsp3) is 0.250. The summed E-state index contributed by atoms with van der Waals surface area (Å²) in [5.41, 5.74) is -0.961. The van der Waals surface area contributed by atoms with Crippen LogP contribution in [0.4, 0.5) is 26.3 Å². The molecule has 14 heavy (non-hydrogen) atoms. The lowest BCUT2D eigenvalue weighted by Gasteiger charge is -2.04. The van der Waals surface area contributed by atoms with Gasteiger partial charge in [0.15, 0.2) is 0 Å². The van der Waals surface area contributed by atoms with Gasteiger partial charge in [-0.1, -0.05) is 6.07 Å². The van der Waals surface area contributed by atoms with Gasteiger partial charge in [-0.05, 0) is 18.2 Å². The van der Waals surface area contributed by atoms with E-state index in [9.17, 15) is 26.3 Å². The van der Waals surface area contributed by atoms with E-state index in [0.717, 1.165) is 18.2 Å². The molecule has 0 bridgehead atoms. The van der Waals surface area contributed by atoms with Gasteiger partial charge in [0.05, 0.1) is 5.56 Å². The van der Waals surface area contributed by atoms with Crippen molar-refractivity contribution in [1.82, 2.24) is 0 Å². The summed E-state index contributed by atoms with van der Waals surface area (Å²) in [7, 11) is 0. The second-order valence-electron chi connectivity index (χ2n) is 2.11. The lowest BCUT2D eigenvalue weighted by molar-refractivity contribution is -0.137. The Kier molecular flexibility index (Phi) is 5.04. The van der Waals surface area contributed by atoms with Gasteiger partial charge in [-0.3, -0.25) is 0 Å². The van der Waals surface area contributed by atoms with E-state index in [-0.39, 0.29) is 0 Å². The normalized spacial score (nSPS) is 10.4. The largest absolute Gasteiger partial charge is 0.416 e. The zero-order valence-electron chi connectivity index (χ0n) is 6.78. The molecular formula is C8H6F6. The molecule has 0 radical (unpaired) electrons. The highest BCUT2D eigenvalue weighted by Gasteiger charge is 2.30. The van der Waals surface area contributed by atoms with Crippen molar-refractivity contribution in [3.63, 3.8) is 0 Å². The van der Waals surface area contributed by atoms with Gasteiger partial charge in [0.1, 0.15) is 5.82 Å². The predicted octanol–water partition coefficient (Wildman–Crippen LogP) is 3.73. The summed E-state index contributed by atoms with van der Waals surface area (Å²) in [6, 6.07) is 3.27. The standard InChI is InChI=1S/C7H4F4.CH2F2/c8-6-3-1-2-5(4-6)7(9,10)11;2-1-3/h1-4H;1H2. The molecule has 1 aromatic carbocycles. The van der Waals surface area contributed by atoms with E-state index in [1.54, 1.807) is 0 Å². The molecule has 0 fully saturated rings. The highest BCUT2D eigenvalue weighted by atomic mass is 19.4. The van der Waals surface area contributed by atoms with Crippen molar-refractivity contribution >= 4 is 0 Å². The first-order chi connectivity index (χ1) is 6.41. The Morgan fingerprint density at radius 1 is 1.07 bits per heavy atom. The number of rotatable bonds is 0. The van der Waals surface area contributed by atoms with Crippen molar-refractivity contribution in [1.29, 1.82) is 0 Å². The molecule has 0 aliphatic rings. The van der Waals surface area contributed by atoms with Crippen molar-refractivity contribution in [3.05, 3.63) is 35.6 Å². The zero-order chi connectivity index (χ0) is 11.2. The van der Waals surface area contributed by atoms with E-state index in [1.165, 1.54) is 0 Å². The maximum Gasteiger partial charge on any atom is 0.416 e. The average molecular weight is 216 g/mol. The lowest BCUT2D eigenvalue weighted by Crippen LogP contribution is -2.04. The summed E-state index contributed by atoms with van der Waals surface area (Å²) < 4.78 is 66.9. The predicted molar refractivity (Wildman–Crippen MR) is 38.5 cm³/mol. The smallest absolute Gasteiger partial charge is 0.214 e. The number of alkyl halides is 5. The van der Waals surface area contributed by atoms with E-state index in [2.05, 4.69) is 0 Å². The summed E-state index contributed by atoms with van der Waals surface area (Å²) in [6.45, 7) is -1.75. The molecule has 0 aliphatic heterocycles. The molecule has 0 N–H and O–H groups in total. The van der Waals surface area contributed by atoms with Gasteiger partial charge < -0.3 is 0 Å². The third-order valence-corrected chi connectivity index (χ3v) is 1.15. The molecule has 80 valence electrons. The maximum atomic E-state index is 12.2. The van der Waals surface area contributed by atoms with Crippen LogP contribution in [0.5, 0.6) is 0 Å². The Bertz CT molecular complexity index is 267. The summed E-state index contributed by atoms with van der Waals surface area (Å²) in [4.78, 5) is 0. The van der Waals surface area contributed by atoms with Crippen LogP contribution in [0.25, 0.3) is 0 Å². The van der Waals surface area contributed by atoms with Gasteiger partial charge in [0, 0.05) is 0 Å². The Morgan fingerprint density at radius 2 is 1.57 bits per heavy atom. The Hall–Kier alpha value is -1.20. The van der Waals surface area contributed by atoms with Gasteiger partial charge in [-0.25, -0.2) is 13.2 Å². The molecule has 0 heterocycles. The minimum Gasteiger partial charge on any atom is -0.214 e. The van der Waals surface area contributed by atoms with Crippen LogP contribution >= 0.6 is 0 Å². The second-order valence-corrected chi connectivity index (χ2v) is 2.11.